The highest BCUT2D eigenvalue weighted by Gasteiger charge is 2.53. The van der Waals surface area contributed by atoms with Crippen molar-refractivity contribution in [2.45, 2.75) is 181 Å². The molecule has 13 aromatic rings. The van der Waals surface area contributed by atoms with E-state index in [-0.39, 0.29) is 11.8 Å². The van der Waals surface area contributed by atoms with Gasteiger partial charge in [-0.1, -0.05) is 250 Å². The normalized spacial score (nSPS) is 15.4. The second-order valence-corrected chi connectivity index (χ2v) is 43.1. The van der Waals surface area contributed by atoms with Gasteiger partial charge in [-0.15, -0.1) is 90.7 Å². The fraction of sp³-hybridized carbons (Fsp3) is 0.300. The van der Waals surface area contributed by atoms with E-state index in [1.807, 2.05) is 94.0 Å². The maximum Gasteiger partial charge on any atom is 0.266 e. The summed E-state index contributed by atoms with van der Waals surface area (Å²) in [4.78, 5) is 51.1. The summed E-state index contributed by atoms with van der Waals surface area (Å²) in [5, 5.41) is 0. The van der Waals surface area contributed by atoms with Crippen LogP contribution < -0.4 is 0 Å². The SMILES string of the molecule is CCCCCCc1ccc(C2(c3ccc(CCCCCC)cc3)c3cc4c(cc3-c3sc(-c5ccc(-c6ccc(-c7ccc(/C=C8\SC(=S)N(CC)C8=O)s7)s6)s5)cc32)C(c2ccc(CCCCCC)cc2)(c2ccc(CCCCCC)cc2)c2cc(-c3ccc(-c5ccc(-c6ccc(/C=C7\SC(=S)N(CC)C7=O)s6)s5)s3)sc2-4)cc1. The Morgan fingerprint density at radius 1 is 0.293 bits per heavy atom. The Balaban J connectivity index is 0.825. The van der Waals surface area contributed by atoms with E-state index in [9.17, 15) is 9.59 Å². The fourth-order valence-corrected chi connectivity index (χ4v) is 29.3. The van der Waals surface area contributed by atoms with Crippen LogP contribution in [0.2, 0.25) is 0 Å². The van der Waals surface area contributed by atoms with Gasteiger partial charge in [0.15, 0.2) is 0 Å². The molecule has 116 heavy (non-hydrogen) atoms. The Morgan fingerprint density at radius 2 is 0.560 bits per heavy atom. The number of likely N-dealkylation sites (N-methyl/N-ethyl adjacent to an activating group) is 2. The zero-order valence-corrected chi connectivity index (χ0v) is 76.6. The lowest BCUT2D eigenvalue weighted by atomic mass is 9.65. The van der Waals surface area contributed by atoms with Crippen LogP contribution in [0.3, 0.4) is 0 Å². The Bertz CT molecular complexity index is 5350. The first-order valence-corrected chi connectivity index (χ1v) is 50.8. The molecule has 0 spiro atoms. The van der Waals surface area contributed by atoms with E-state index in [0.717, 1.165) is 35.4 Å². The van der Waals surface area contributed by atoms with Crippen LogP contribution in [0.15, 0.2) is 204 Å². The highest BCUT2D eigenvalue weighted by molar-refractivity contribution is 8.27. The van der Waals surface area contributed by atoms with Crippen molar-refractivity contribution in [3.63, 3.8) is 0 Å². The van der Waals surface area contributed by atoms with Gasteiger partial charge in [-0.05, 0) is 252 Å². The number of unbranched alkanes of at least 4 members (excludes halogenated alkanes) is 12. The molecule has 8 aromatic heterocycles. The zero-order chi connectivity index (χ0) is 79.6. The number of hydrogen-bond donors (Lipinski definition) is 0. The quantitative estimate of drug-likeness (QED) is 0.0227. The van der Waals surface area contributed by atoms with E-state index < -0.39 is 10.8 Å². The molecular formula is C100H96N2O2S12. The number of carbonyl (C=O) groups is 2. The van der Waals surface area contributed by atoms with Gasteiger partial charge in [0.2, 0.25) is 0 Å². The highest BCUT2D eigenvalue weighted by atomic mass is 32.2. The summed E-state index contributed by atoms with van der Waals surface area (Å²) in [7, 11) is 0. The van der Waals surface area contributed by atoms with Crippen LogP contribution in [0.5, 0.6) is 0 Å². The number of thioether (sulfide) groups is 2. The Hall–Kier alpha value is -7.00. The number of fused-ring (bicyclic) bond motifs is 6. The monoisotopic (exact) mass is 1740 g/mol. The van der Waals surface area contributed by atoms with Crippen LogP contribution in [0, 0.1) is 0 Å². The van der Waals surface area contributed by atoms with Crippen molar-refractivity contribution in [3.05, 3.63) is 280 Å². The van der Waals surface area contributed by atoms with Gasteiger partial charge >= 0.3 is 0 Å². The van der Waals surface area contributed by atoms with Gasteiger partial charge in [-0.3, -0.25) is 19.4 Å². The molecule has 5 aromatic carbocycles. The number of amides is 2. The van der Waals surface area contributed by atoms with Crippen LogP contribution in [0.1, 0.15) is 221 Å². The van der Waals surface area contributed by atoms with Crippen molar-refractivity contribution < 1.29 is 9.59 Å². The molecule has 17 rings (SSSR count). The molecular weight excluding hydrogens is 1650 g/mol. The molecule has 2 amide bonds. The van der Waals surface area contributed by atoms with Gasteiger partial charge < -0.3 is 0 Å². The van der Waals surface area contributed by atoms with E-state index in [2.05, 4.69) is 222 Å². The molecule has 0 saturated carbocycles. The van der Waals surface area contributed by atoms with Crippen molar-refractivity contribution >= 4 is 171 Å². The molecule has 2 aliphatic heterocycles. The standard InChI is InChI=1S/C100H96N2O2S12/c1-7-13-17-21-25-63-29-37-67(38-30-63)99(68-39-31-64(32-40-68)26-22-18-14-8-2)75-59-74-76(60-73(75)93-77(99)61-89(113-93)87-55-53-85(111-87)83-51-49-81(109-83)79-47-45-71(107-79)57-91-95(103)101(11-5)97(105)115-91)100(69-41-33-65(34-42-69)27-23-19-15-9-3,70-43-35-66(36-44-70)28-24-20-16-10-4)78-62-90(114-94(74)78)88-56-54-86(112-88)84-52-50-82(110-84)80-48-46-72(108-80)58-92-96(104)102(12-6)98(106)116-92/h29-62H,7-28H2,1-6H3/b91-57-,92-58-. The predicted octanol–water partition coefficient (Wildman–Crippen LogP) is 31.8. The Kier molecular flexibility index (Phi) is 25.3. The van der Waals surface area contributed by atoms with E-state index in [0.29, 0.717) is 31.5 Å². The van der Waals surface area contributed by atoms with Crippen molar-refractivity contribution in [1.82, 2.24) is 9.80 Å². The van der Waals surface area contributed by atoms with Gasteiger partial charge in [0.05, 0.1) is 20.6 Å². The lowest BCUT2D eigenvalue weighted by Gasteiger charge is -2.35. The Labute approximate surface area is 737 Å². The first-order chi connectivity index (χ1) is 56.8. The number of nitrogens with zero attached hydrogens (tertiary/aromatic N) is 2. The third-order valence-corrected chi connectivity index (χ3v) is 36.3. The average Bonchev–Trinajstić information content (AvgIpc) is 1.50. The summed E-state index contributed by atoms with van der Waals surface area (Å²) in [6.07, 6.45) is 28.0. The molecule has 2 aliphatic carbocycles. The number of thiocarbonyl (C=S) groups is 2. The van der Waals surface area contributed by atoms with Crippen LogP contribution in [0.25, 0.3) is 91.6 Å². The predicted molar refractivity (Wildman–Crippen MR) is 519 cm³/mol. The summed E-state index contributed by atoms with van der Waals surface area (Å²) in [6.45, 7) is 14.3. The Morgan fingerprint density at radius 3 is 0.828 bits per heavy atom. The number of rotatable bonds is 34. The second-order valence-electron chi connectivity index (χ2n) is 31.1. The van der Waals surface area contributed by atoms with E-state index >= 15 is 0 Å². The third kappa shape index (κ3) is 15.9. The van der Waals surface area contributed by atoms with E-state index in [1.165, 1.54) is 272 Å². The topological polar surface area (TPSA) is 40.6 Å². The maximum absolute atomic E-state index is 13.2. The zero-order valence-electron chi connectivity index (χ0n) is 66.8. The number of benzene rings is 5. The maximum atomic E-state index is 13.2. The minimum Gasteiger partial charge on any atom is -0.293 e. The van der Waals surface area contributed by atoms with Gasteiger partial charge in [-0.2, -0.15) is 0 Å². The molecule has 590 valence electrons. The van der Waals surface area contributed by atoms with Crippen molar-refractivity contribution in [2.75, 3.05) is 13.1 Å². The molecule has 0 bridgehead atoms. The molecule has 2 saturated heterocycles. The number of carbonyl (C=O) groups excluding carboxylic acids is 2. The minimum atomic E-state index is -0.660. The molecule has 0 unspecified atom stereocenters. The van der Waals surface area contributed by atoms with Crippen molar-refractivity contribution in [3.8, 4) is 79.4 Å². The third-order valence-electron chi connectivity index (χ3n) is 23.6. The summed E-state index contributed by atoms with van der Waals surface area (Å²) in [6, 6.07) is 77.9. The summed E-state index contributed by atoms with van der Waals surface area (Å²) in [5.41, 5.74) is 17.7. The molecule has 4 aliphatic rings. The van der Waals surface area contributed by atoms with Crippen LogP contribution >= 0.6 is 139 Å². The summed E-state index contributed by atoms with van der Waals surface area (Å²) < 4.78 is 1.26. The number of thiophene rings is 8. The van der Waals surface area contributed by atoms with Gasteiger partial charge in [0, 0.05) is 91.1 Å². The molecule has 0 atom stereocenters. The molecule has 2 fully saturated rings. The smallest absolute Gasteiger partial charge is 0.266 e. The number of hydrogen-bond acceptors (Lipinski definition) is 14. The van der Waals surface area contributed by atoms with Crippen LogP contribution in [0.4, 0.5) is 0 Å². The first-order valence-electron chi connectivity index (χ1n) is 41.8. The molecule has 4 nitrogen and oxygen atoms in total. The number of aryl methyl sites for hydroxylation is 4. The van der Waals surface area contributed by atoms with Gasteiger partial charge in [0.1, 0.15) is 8.64 Å². The average molecular weight is 1740 g/mol. The molecule has 0 N–H and O–H groups in total. The lowest BCUT2D eigenvalue weighted by molar-refractivity contribution is -0.122. The van der Waals surface area contributed by atoms with Crippen LogP contribution in [-0.4, -0.2) is 43.3 Å². The van der Waals surface area contributed by atoms with E-state index in [1.54, 1.807) is 32.5 Å². The molecule has 16 heteroatoms. The molecule has 10 heterocycles. The second kappa shape index (κ2) is 36.1. The van der Waals surface area contributed by atoms with Crippen molar-refractivity contribution in [1.29, 1.82) is 0 Å². The van der Waals surface area contributed by atoms with Gasteiger partial charge in [-0.25, -0.2) is 0 Å². The highest BCUT2D eigenvalue weighted by Crippen LogP contribution is 2.67. The van der Waals surface area contributed by atoms with E-state index in [4.69, 9.17) is 24.4 Å². The minimum absolute atomic E-state index is 0.00345. The summed E-state index contributed by atoms with van der Waals surface area (Å²) >= 11 is 28.9. The largest absolute Gasteiger partial charge is 0.293 e. The van der Waals surface area contributed by atoms with Gasteiger partial charge in [0.25, 0.3) is 11.8 Å². The van der Waals surface area contributed by atoms with Crippen molar-refractivity contribution in [2.24, 2.45) is 0 Å². The first kappa shape index (κ1) is 81.4. The molecule has 0 radical (unpaired) electrons. The lowest BCUT2D eigenvalue weighted by Crippen LogP contribution is -2.30. The fourth-order valence-electron chi connectivity index (χ4n) is 17.5. The summed E-state index contributed by atoms with van der Waals surface area (Å²) in [5.74, 6) is -0.00690. The van der Waals surface area contributed by atoms with Crippen LogP contribution in [-0.2, 0) is 46.1 Å².